The topological polar surface area (TPSA) is 78.9 Å². The molecule has 0 aromatic heterocycles. The number of amides is 1. The van der Waals surface area contributed by atoms with E-state index in [4.69, 9.17) is 11.0 Å². The van der Waals surface area contributed by atoms with Crippen LogP contribution in [0.3, 0.4) is 0 Å². The molecule has 1 amide bonds. The van der Waals surface area contributed by atoms with Gasteiger partial charge >= 0.3 is 0 Å². The summed E-state index contributed by atoms with van der Waals surface area (Å²) in [6.07, 6.45) is 5.26. The van der Waals surface area contributed by atoms with Crippen LogP contribution in [-0.2, 0) is 11.3 Å². The van der Waals surface area contributed by atoms with E-state index in [2.05, 4.69) is 11.4 Å². The van der Waals surface area contributed by atoms with Crippen LogP contribution in [0.2, 0.25) is 0 Å². The van der Waals surface area contributed by atoms with Crippen molar-refractivity contribution in [3.05, 3.63) is 35.4 Å². The summed E-state index contributed by atoms with van der Waals surface area (Å²) in [4.78, 5) is 11.6. The fourth-order valence-electron chi connectivity index (χ4n) is 2.89. The number of carbonyl (C=O) groups excluding carboxylic acids is 1. The first-order chi connectivity index (χ1) is 9.70. The van der Waals surface area contributed by atoms with Crippen LogP contribution in [0.15, 0.2) is 24.3 Å². The van der Waals surface area contributed by atoms with Crippen LogP contribution in [0.4, 0.5) is 0 Å². The Morgan fingerprint density at radius 1 is 1.35 bits per heavy atom. The highest BCUT2D eigenvalue weighted by molar-refractivity contribution is 5.77. The molecular formula is C16H21N3O. The second-order valence-electron chi connectivity index (χ2n) is 5.45. The standard InChI is InChI=1S/C16H21N3O/c17-10-12-5-4-6-13(9-12)11-19-15-8-3-1-2-7-14(15)16(18)20/h4-6,9,14-15,19H,1-3,7-8,11H2,(H2,18,20)/t14-,15+/m0/s1. The number of nitriles is 1. The highest BCUT2D eigenvalue weighted by Gasteiger charge is 2.27. The van der Waals surface area contributed by atoms with Gasteiger partial charge in [-0.05, 0) is 30.5 Å². The van der Waals surface area contributed by atoms with E-state index in [9.17, 15) is 4.79 Å². The molecule has 2 rings (SSSR count). The zero-order valence-corrected chi connectivity index (χ0v) is 11.6. The maximum absolute atomic E-state index is 11.6. The number of nitrogens with two attached hydrogens (primary N) is 1. The molecule has 0 unspecified atom stereocenters. The van der Waals surface area contributed by atoms with Gasteiger partial charge in [-0.25, -0.2) is 0 Å². The quantitative estimate of drug-likeness (QED) is 0.823. The summed E-state index contributed by atoms with van der Waals surface area (Å²) in [5, 5.41) is 12.3. The van der Waals surface area contributed by atoms with Gasteiger partial charge in [-0.2, -0.15) is 5.26 Å². The second kappa shape index (κ2) is 7.06. The molecule has 1 fully saturated rings. The number of primary amides is 1. The summed E-state index contributed by atoms with van der Waals surface area (Å²) in [5.74, 6) is -0.271. The van der Waals surface area contributed by atoms with Gasteiger partial charge in [0, 0.05) is 12.6 Å². The van der Waals surface area contributed by atoms with Gasteiger partial charge in [0.25, 0.3) is 0 Å². The van der Waals surface area contributed by atoms with Gasteiger partial charge in [0.05, 0.1) is 17.6 Å². The lowest BCUT2D eigenvalue weighted by molar-refractivity contribution is -0.122. The summed E-state index contributed by atoms with van der Waals surface area (Å²) < 4.78 is 0. The lowest BCUT2D eigenvalue weighted by atomic mass is 9.94. The van der Waals surface area contributed by atoms with Crippen molar-refractivity contribution in [1.82, 2.24) is 5.32 Å². The van der Waals surface area contributed by atoms with Crippen molar-refractivity contribution in [3.63, 3.8) is 0 Å². The zero-order valence-electron chi connectivity index (χ0n) is 11.6. The Balaban J connectivity index is 1.99. The number of nitrogens with one attached hydrogen (secondary N) is 1. The predicted molar refractivity (Wildman–Crippen MR) is 77.6 cm³/mol. The molecule has 0 saturated heterocycles. The number of hydrogen-bond donors (Lipinski definition) is 2. The first-order valence-electron chi connectivity index (χ1n) is 7.22. The molecule has 1 aromatic carbocycles. The van der Waals surface area contributed by atoms with Crippen molar-refractivity contribution >= 4 is 5.91 Å². The third-order valence-electron chi connectivity index (χ3n) is 4.01. The predicted octanol–water partition coefficient (Wildman–Crippen LogP) is 2.08. The number of nitrogens with zero attached hydrogens (tertiary/aromatic N) is 1. The molecule has 4 heteroatoms. The van der Waals surface area contributed by atoms with E-state index in [1.807, 2.05) is 18.2 Å². The van der Waals surface area contributed by atoms with E-state index in [-0.39, 0.29) is 17.9 Å². The molecule has 1 saturated carbocycles. The summed E-state index contributed by atoms with van der Waals surface area (Å²) in [7, 11) is 0. The highest BCUT2D eigenvalue weighted by atomic mass is 16.1. The lowest BCUT2D eigenvalue weighted by Gasteiger charge is -2.23. The van der Waals surface area contributed by atoms with Gasteiger partial charge in [0.15, 0.2) is 0 Å². The lowest BCUT2D eigenvalue weighted by Crippen LogP contribution is -2.41. The molecule has 0 radical (unpaired) electrons. The average molecular weight is 271 g/mol. The first kappa shape index (κ1) is 14.5. The molecule has 106 valence electrons. The molecule has 0 spiro atoms. The largest absolute Gasteiger partial charge is 0.369 e. The van der Waals surface area contributed by atoms with E-state index in [0.29, 0.717) is 12.1 Å². The Hall–Kier alpha value is -1.86. The number of hydrogen-bond acceptors (Lipinski definition) is 3. The fourth-order valence-corrected chi connectivity index (χ4v) is 2.89. The van der Waals surface area contributed by atoms with Gasteiger partial charge in [0.1, 0.15) is 0 Å². The van der Waals surface area contributed by atoms with Crippen LogP contribution in [0.25, 0.3) is 0 Å². The second-order valence-corrected chi connectivity index (χ2v) is 5.45. The Labute approximate surface area is 120 Å². The summed E-state index contributed by atoms with van der Waals surface area (Å²) in [6.45, 7) is 0.671. The minimum atomic E-state index is -0.199. The molecule has 20 heavy (non-hydrogen) atoms. The highest BCUT2D eigenvalue weighted by Crippen LogP contribution is 2.23. The molecular weight excluding hydrogens is 250 g/mol. The van der Waals surface area contributed by atoms with Gasteiger partial charge < -0.3 is 11.1 Å². The van der Waals surface area contributed by atoms with Crippen LogP contribution in [0.1, 0.15) is 43.2 Å². The summed E-state index contributed by atoms with van der Waals surface area (Å²) in [5.41, 5.74) is 7.25. The van der Waals surface area contributed by atoms with Crippen LogP contribution in [0.5, 0.6) is 0 Å². The average Bonchev–Trinajstić information content (AvgIpc) is 2.70. The van der Waals surface area contributed by atoms with Crippen molar-refractivity contribution in [2.24, 2.45) is 11.7 Å². The Morgan fingerprint density at radius 2 is 2.15 bits per heavy atom. The smallest absolute Gasteiger partial charge is 0.222 e. The van der Waals surface area contributed by atoms with Crippen molar-refractivity contribution in [1.29, 1.82) is 5.26 Å². The SMILES string of the molecule is N#Cc1cccc(CN[C@@H]2CCCCC[C@@H]2C(N)=O)c1. The Bertz CT molecular complexity index is 507. The van der Waals surface area contributed by atoms with Gasteiger partial charge in [0.2, 0.25) is 5.91 Å². The Morgan fingerprint density at radius 3 is 2.90 bits per heavy atom. The molecule has 3 N–H and O–H groups in total. The monoisotopic (exact) mass is 271 g/mol. The maximum Gasteiger partial charge on any atom is 0.222 e. The molecule has 1 aromatic rings. The third kappa shape index (κ3) is 3.82. The minimum absolute atomic E-state index is 0.0725. The molecule has 1 aliphatic rings. The third-order valence-corrected chi connectivity index (χ3v) is 4.01. The van der Waals surface area contributed by atoms with E-state index in [1.54, 1.807) is 6.07 Å². The van der Waals surface area contributed by atoms with Crippen molar-refractivity contribution in [2.45, 2.75) is 44.7 Å². The Kier molecular flexibility index (Phi) is 5.14. The van der Waals surface area contributed by atoms with E-state index in [0.717, 1.165) is 31.2 Å². The van der Waals surface area contributed by atoms with Crippen molar-refractivity contribution in [2.75, 3.05) is 0 Å². The number of rotatable bonds is 4. The number of benzene rings is 1. The van der Waals surface area contributed by atoms with Crippen LogP contribution in [-0.4, -0.2) is 11.9 Å². The molecule has 2 atom stereocenters. The summed E-state index contributed by atoms with van der Waals surface area (Å²) >= 11 is 0. The molecule has 0 aliphatic heterocycles. The first-order valence-corrected chi connectivity index (χ1v) is 7.22. The molecule has 1 aliphatic carbocycles. The minimum Gasteiger partial charge on any atom is -0.369 e. The van der Waals surface area contributed by atoms with E-state index < -0.39 is 0 Å². The zero-order chi connectivity index (χ0) is 14.4. The molecule has 0 heterocycles. The van der Waals surface area contributed by atoms with Crippen LogP contribution >= 0.6 is 0 Å². The molecule has 0 bridgehead atoms. The normalized spacial score (nSPS) is 22.8. The molecule has 4 nitrogen and oxygen atoms in total. The van der Waals surface area contributed by atoms with E-state index >= 15 is 0 Å². The summed E-state index contributed by atoms with van der Waals surface area (Å²) in [6, 6.07) is 9.84. The van der Waals surface area contributed by atoms with Gasteiger partial charge in [-0.1, -0.05) is 31.4 Å². The van der Waals surface area contributed by atoms with Gasteiger partial charge in [-0.3, -0.25) is 4.79 Å². The van der Waals surface area contributed by atoms with Crippen molar-refractivity contribution < 1.29 is 4.79 Å². The fraction of sp³-hybridized carbons (Fsp3) is 0.500. The maximum atomic E-state index is 11.6. The van der Waals surface area contributed by atoms with E-state index in [1.165, 1.54) is 6.42 Å². The van der Waals surface area contributed by atoms with Crippen LogP contribution in [0, 0.1) is 17.2 Å². The van der Waals surface area contributed by atoms with Gasteiger partial charge in [-0.15, -0.1) is 0 Å². The number of carbonyl (C=O) groups is 1. The van der Waals surface area contributed by atoms with Crippen LogP contribution < -0.4 is 11.1 Å². The van der Waals surface area contributed by atoms with Crippen molar-refractivity contribution in [3.8, 4) is 6.07 Å².